The van der Waals surface area contributed by atoms with Gasteiger partial charge in [-0.25, -0.2) is 32.7 Å². The number of aryl methyl sites for hydroxylation is 2. The third kappa shape index (κ3) is 6.71. The van der Waals surface area contributed by atoms with Gasteiger partial charge in [-0.2, -0.15) is 13.2 Å². The minimum Gasteiger partial charge on any atom is -0.463 e. The predicted octanol–water partition coefficient (Wildman–Crippen LogP) is 2.87. The number of amides is 1. The number of benzene rings is 1. The van der Waals surface area contributed by atoms with Crippen LogP contribution in [0, 0.1) is 13.8 Å². The number of rotatable bonds is 9. The Balaban J connectivity index is 2.39. The molecule has 0 fully saturated rings. The number of alkyl carbamates (subject to hydrolysis) is 1. The summed E-state index contributed by atoms with van der Waals surface area (Å²) in [6.07, 6.45) is -6.90. The fourth-order valence-electron chi connectivity index (χ4n) is 2.84. The van der Waals surface area contributed by atoms with Gasteiger partial charge < -0.3 is 14.8 Å². The Labute approximate surface area is 199 Å². The molecule has 0 unspecified atom stereocenters. The van der Waals surface area contributed by atoms with Gasteiger partial charge in [0.05, 0.1) is 18.1 Å². The van der Waals surface area contributed by atoms with E-state index in [1.807, 2.05) is 5.32 Å². The lowest BCUT2D eigenvalue weighted by Gasteiger charge is -2.34. The zero-order chi connectivity index (χ0) is 26.4. The van der Waals surface area contributed by atoms with Gasteiger partial charge in [-0.3, -0.25) is 5.32 Å². The summed E-state index contributed by atoms with van der Waals surface area (Å²) >= 11 is 0. The molecule has 1 atom stereocenters. The van der Waals surface area contributed by atoms with Crippen LogP contribution in [0.4, 0.5) is 29.6 Å². The number of hydrogen-bond donors (Lipinski definition) is 3. The van der Waals surface area contributed by atoms with E-state index in [1.54, 1.807) is 19.9 Å². The third-order valence-electron chi connectivity index (χ3n) is 4.28. The Hall–Kier alpha value is -3.62. The molecule has 0 aliphatic rings. The SMILES string of the molecule is CCOC(=O)N[C@@](Nc1ccc(S(=O)(=O)Nc2nc(C)cc(C)n2)cc1)(C(=O)OCC)C(F)(F)F. The maximum Gasteiger partial charge on any atom is 0.442 e. The zero-order valence-corrected chi connectivity index (χ0v) is 20.0. The Kier molecular flexibility index (Phi) is 8.49. The molecule has 0 saturated heterocycles. The summed E-state index contributed by atoms with van der Waals surface area (Å²) in [6, 6.07) is 5.57. The smallest absolute Gasteiger partial charge is 0.442 e. The van der Waals surface area contributed by atoms with Crippen LogP contribution in [-0.4, -0.2) is 55.5 Å². The van der Waals surface area contributed by atoms with Crippen LogP contribution in [0.2, 0.25) is 0 Å². The molecule has 1 heterocycles. The van der Waals surface area contributed by atoms with Gasteiger partial charge in [-0.05, 0) is 58.0 Å². The lowest BCUT2D eigenvalue weighted by Crippen LogP contribution is -2.69. The number of alkyl halides is 3. The van der Waals surface area contributed by atoms with Crippen molar-refractivity contribution in [3.05, 3.63) is 41.7 Å². The maximum absolute atomic E-state index is 14.1. The summed E-state index contributed by atoms with van der Waals surface area (Å²) in [4.78, 5) is 31.8. The maximum atomic E-state index is 14.1. The van der Waals surface area contributed by atoms with Crippen molar-refractivity contribution in [3.8, 4) is 0 Å². The number of sulfonamides is 1. The molecule has 0 saturated carbocycles. The number of halogens is 3. The first-order valence-electron chi connectivity index (χ1n) is 10.2. The molecule has 3 N–H and O–H groups in total. The summed E-state index contributed by atoms with van der Waals surface area (Å²) < 4.78 is 78.7. The van der Waals surface area contributed by atoms with E-state index in [2.05, 4.69) is 24.2 Å². The summed E-state index contributed by atoms with van der Waals surface area (Å²) in [7, 11) is -4.19. The van der Waals surface area contributed by atoms with Crippen molar-refractivity contribution < 1.29 is 40.7 Å². The molecule has 0 spiro atoms. The largest absolute Gasteiger partial charge is 0.463 e. The highest BCUT2D eigenvalue weighted by molar-refractivity contribution is 7.92. The Morgan fingerprint density at radius 3 is 2.00 bits per heavy atom. The molecule has 11 nitrogen and oxygen atoms in total. The molecule has 0 radical (unpaired) electrons. The van der Waals surface area contributed by atoms with Crippen LogP contribution >= 0.6 is 0 Å². The van der Waals surface area contributed by atoms with E-state index in [9.17, 15) is 31.2 Å². The number of carbonyl (C=O) groups is 2. The van der Waals surface area contributed by atoms with Crippen molar-refractivity contribution in [2.24, 2.45) is 0 Å². The first-order valence-corrected chi connectivity index (χ1v) is 11.6. The molecule has 1 aromatic heterocycles. The summed E-state index contributed by atoms with van der Waals surface area (Å²) in [6.45, 7) is 5.28. The van der Waals surface area contributed by atoms with Crippen molar-refractivity contribution in [1.82, 2.24) is 15.3 Å². The molecule has 0 aliphatic heterocycles. The number of esters is 1. The van der Waals surface area contributed by atoms with E-state index in [0.29, 0.717) is 11.4 Å². The topological polar surface area (TPSA) is 149 Å². The molecule has 0 aliphatic carbocycles. The highest BCUT2D eigenvalue weighted by Gasteiger charge is 2.64. The Bertz CT molecular complexity index is 1150. The van der Waals surface area contributed by atoms with E-state index in [-0.39, 0.29) is 23.1 Å². The van der Waals surface area contributed by atoms with Gasteiger partial charge in [-0.15, -0.1) is 0 Å². The van der Waals surface area contributed by atoms with Gasteiger partial charge in [0, 0.05) is 17.1 Å². The number of ether oxygens (including phenoxy) is 2. The second-order valence-electron chi connectivity index (χ2n) is 7.04. The van der Waals surface area contributed by atoms with Crippen LogP contribution in [0.5, 0.6) is 0 Å². The van der Waals surface area contributed by atoms with Gasteiger partial charge in [0.2, 0.25) is 5.95 Å². The number of carbonyl (C=O) groups excluding carboxylic acids is 2. The number of aromatic nitrogens is 2. The normalized spacial score (nSPS) is 13.3. The lowest BCUT2D eigenvalue weighted by atomic mass is 10.1. The number of nitrogens with one attached hydrogen (secondary N) is 3. The summed E-state index contributed by atoms with van der Waals surface area (Å²) in [5, 5.41) is 3.37. The van der Waals surface area contributed by atoms with Crippen LogP contribution in [0.1, 0.15) is 25.2 Å². The molecular weight excluding hydrogens is 495 g/mol. The molecule has 192 valence electrons. The van der Waals surface area contributed by atoms with Crippen LogP contribution in [0.3, 0.4) is 0 Å². The quantitative estimate of drug-likeness (QED) is 0.336. The van der Waals surface area contributed by atoms with Gasteiger partial charge in [0.1, 0.15) is 0 Å². The molecule has 35 heavy (non-hydrogen) atoms. The molecule has 2 rings (SSSR count). The number of hydrogen-bond acceptors (Lipinski definition) is 9. The Morgan fingerprint density at radius 1 is 0.971 bits per heavy atom. The fourth-order valence-corrected chi connectivity index (χ4v) is 3.78. The minimum absolute atomic E-state index is 0.179. The van der Waals surface area contributed by atoms with E-state index < -0.39 is 40.5 Å². The zero-order valence-electron chi connectivity index (χ0n) is 19.2. The average molecular weight is 520 g/mol. The predicted molar refractivity (Wildman–Crippen MR) is 118 cm³/mol. The molecule has 0 bridgehead atoms. The second kappa shape index (κ2) is 10.8. The van der Waals surface area contributed by atoms with E-state index in [4.69, 9.17) is 0 Å². The van der Waals surface area contributed by atoms with Crippen LogP contribution < -0.4 is 15.4 Å². The average Bonchev–Trinajstić information content (AvgIpc) is 2.72. The van der Waals surface area contributed by atoms with Crippen molar-refractivity contribution >= 4 is 33.7 Å². The van der Waals surface area contributed by atoms with Crippen molar-refractivity contribution in [2.75, 3.05) is 23.3 Å². The molecule has 1 aromatic carbocycles. The number of nitrogens with zero attached hydrogens (tertiary/aromatic N) is 2. The first kappa shape index (κ1) is 27.6. The summed E-state index contributed by atoms with van der Waals surface area (Å²) in [5.41, 5.74) is -3.02. The minimum atomic E-state index is -5.38. The number of anilines is 2. The van der Waals surface area contributed by atoms with Gasteiger partial charge in [0.15, 0.2) is 0 Å². The highest BCUT2D eigenvalue weighted by atomic mass is 32.2. The van der Waals surface area contributed by atoms with E-state index >= 15 is 0 Å². The van der Waals surface area contributed by atoms with Crippen molar-refractivity contribution in [3.63, 3.8) is 0 Å². The highest BCUT2D eigenvalue weighted by Crippen LogP contribution is 2.33. The van der Waals surface area contributed by atoms with Crippen LogP contribution in [-0.2, 0) is 24.3 Å². The fraction of sp³-hybridized carbons (Fsp3) is 0.400. The lowest BCUT2D eigenvalue weighted by molar-refractivity contribution is -0.205. The van der Waals surface area contributed by atoms with E-state index in [1.165, 1.54) is 19.2 Å². The molecular formula is C20H24F3N5O6S. The monoisotopic (exact) mass is 519 g/mol. The van der Waals surface area contributed by atoms with E-state index in [0.717, 1.165) is 24.3 Å². The van der Waals surface area contributed by atoms with Gasteiger partial charge >= 0.3 is 23.9 Å². The van der Waals surface area contributed by atoms with Crippen LogP contribution in [0.25, 0.3) is 0 Å². The first-order chi connectivity index (χ1) is 16.2. The third-order valence-corrected chi connectivity index (χ3v) is 5.62. The van der Waals surface area contributed by atoms with Crippen molar-refractivity contribution in [1.29, 1.82) is 0 Å². The second-order valence-corrected chi connectivity index (χ2v) is 8.73. The molecule has 2 aromatic rings. The Morgan fingerprint density at radius 2 is 1.51 bits per heavy atom. The van der Waals surface area contributed by atoms with Gasteiger partial charge in [-0.1, -0.05) is 0 Å². The van der Waals surface area contributed by atoms with Crippen LogP contribution in [0.15, 0.2) is 35.2 Å². The summed E-state index contributed by atoms with van der Waals surface area (Å²) in [5.74, 6) is -2.02. The standard InChI is InChI=1S/C20H24F3N5O6S/c1-5-33-16(29)19(20(21,22)23,27-18(30)34-6-2)26-14-7-9-15(10-8-14)35(31,32)28-17-24-12(3)11-13(4)25-17/h7-11,26H,5-6H2,1-4H3,(H,27,30)(H,24,25,28)/t19-/m0/s1. The molecule has 1 amide bonds. The van der Waals surface area contributed by atoms with Gasteiger partial charge in [0.25, 0.3) is 10.0 Å². The molecule has 15 heteroatoms. The van der Waals surface area contributed by atoms with Crippen molar-refractivity contribution in [2.45, 2.75) is 44.4 Å².